The predicted molar refractivity (Wildman–Crippen MR) is 60.9 cm³/mol. The first-order valence-corrected chi connectivity index (χ1v) is 6.93. The van der Waals surface area contributed by atoms with Crippen LogP contribution in [0.4, 0.5) is 0 Å². The van der Waals surface area contributed by atoms with Gasteiger partial charge in [-0.1, -0.05) is 6.92 Å². The maximum Gasteiger partial charge on any atom is 0.320 e. The third-order valence-electron chi connectivity index (χ3n) is 2.98. The summed E-state index contributed by atoms with van der Waals surface area (Å²) in [5.41, 5.74) is 0. The van der Waals surface area contributed by atoms with Crippen LogP contribution in [0.3, 0.4) is 0 Å². The van der Waals surface area contributed by atoms with E-state index in [0.29, 0.717) is 5.25 Å². The van der Waals surface area contributed by atoms with Gasteiger partial charge in [0.2, 0.25) is 0 Å². The van der Waals surface area contributed by atoms with Crippen LogP contribution in [0.15, 0.2) is 0 Å². The number of aliphatic carboxylic acids is 1. The van der Waals surface area contributed by atoms with Crippen molar-refractivity contribution in [2.45, 2.75) is 35.9 Å². The summed E-state index contributed by atoms with van der Waals surface area (Å²) in [5, 5.41) is 12.8. The van der Waals surface area contributed by atoms with E-state index in [1.54, 1.807) is 0 Å². The molecule has 0 amide bonds. The van der Waals surface area contributed by atoms with E-state index in [4.69, 9.17) is 5.11 Å². The summed E-state index contributed by atoms with van der Waals surface area (Å²) >= 11 is 3.85. The first-order valence-electron chi connectivity index (χ1n) is 4.90. The Morgan fingerprint density at radius 3 is 2.93 bits per heavy atom. The van der Waals surface area contributed by atoms with Crippen LogP contribution in [0.2, 0.25) is 0 Å². The molecule has 80 valence electrons. The summed E-state index contributed by atoms with van der Waals surface area (Å²) in [4.78, 5) is 11.0. The second-order valence-electron chi connectivity index (χ2n) is 3.82. The van der Waals surface area contributed by atoms with Crippen LogP contribution in [0.1, 0.15) is 19.8 Å². The van der Waals surface area contributed by atoms with Crippen LogP contribution in [-0.2, 0) is 4.79 Å². The maximum atomic E-state index is 10.9. The topological polar surface area (TPSA) is 49.3 Å². The standard InChI is InChI=1S/C9H15NO2S2/c1-6-9(3-5-13-6)10-7(8(11)12)2-4-14-9/h6-7,10H,2-5H2,1H3,(H,11,12). The minimum absolute atomic E-state index is 0.0337. The van der Waals surface area contributed by atoms with Crippen LogP contribution in [0.25, 0.3) is 0 Å². The van der Waals surface area contributed by atoms with E-state index in [1.807, 2.05) is 23.5 Å². The Kier molecular flexibility index (Phi) is 3.00. The van der Waals surface area contributed by atoms with E-state index in [9.17, 15) is 4.79 Å². The van der Waals surface area contributed by atoms with Crippen LogP contribution >= 0.6 is 23.5 Å². The molecule has 2 fully saturated rings. The van der Waals surface area contributed by atoms with Crippen molar-refractivity contribution >= 4 is 29.5 Å². The average molecular weight is 233 g/mol. The molecule has 5 heteroatoms. The molecule has 0 aromatic rings. The van der Waals surface area contributed by atoms with E-state index in [-0.39, 0.29) is 10.9 Å². The van der Waals surface area contributed by atoms with E-state index >= 15 is 0 Å². The number of rotatable bonds is 1. The molecule has 2 heterocycles. The number of carboxylic acids is 1. The molecule has 2 N–H and O–H groups in total. The molecule has 2 aliphatic heterocycles. The molecule has 3 nitrogen and oxygen atoms in total. The molecule has 3 atom stereocenters. The molecular weight excluding hydrogens is 218 g/mol. The Labute approximate surface area is 92.4 Å². The van der Waals surface area contributed by atoms with Crippen molar-refractivity contribution in [1.29, 1.82) is 0 Å². The van der Waals surface area contributed by atoms with E-state index < -0.39 is 5.97 Å². The van der Waals surface area contributed by atoms with Crippen molar-refractivity contribution in [3.05, 3.63) is 0 Å². The van der Waals surface area contributed by atoms with Gasteiger partial charge < -0.3 is 5.11 Å². The molecule has 0 aromatic carbocycles. The lowest BCUT2D eigenvalue weighted by Gasteiger charge is -2.40. The molecule has 0 aliphatic carbocycles. The first kappa shape index (κ1) is 10.6. The molecule has 0 aromatic heterocycles. The van der Waals surface area contributed by atoms with Gasteiger partial charge in [0, 0.05) is 5.25 Å². The number of carboxylic acid groups (broad SMARTS) is 1. The zero-order chi connectivity index (χ0) is 10.2. The van der Waals surface area contributed by atoms with E-state index in [1.165, 1.54) is 0 Å². The molecule has 2 saturated heterocycles. The lowest BCUT2D eigenvalue weighted by atomic mass is 10.1. The van der Waals surface area contributed by atoms with Crippen LogP contribution in [0.5, 0.6) is 0 Å². The highest BCUT2D eigenvalue weighted by atomic mass is 32.2. The molecule has 1 spiro atoms. The Bertz CT molecular complexity index is 249. The fourth-order valence-corrected chi connectivity index (χ4v) is 5.27. The summed E-state index contributed by atoms with van der Waals surface area (Å²) < 4.78 is 0. The van der Waals surface area contributed by atoms with Gasteiger partial charge in [-0.15, -0.1) is 11.8 Å². The van der Waals surface area contributed by atoms with Gasteiger partial charge in [-0.25, -0.2) is 0 Å². The van der Waals surface area contributed by atoms with Crippen molar-refractivity contribution in [3.8, 4) is 0 Å². The average Bonchev–Trinajstić information content (AvgIpc) is 2.48. The number of nitrogens with one attached hydrogen (secondary N) is 1. The van der Waals surface area contributed by atoms with Crippen molar-refractivity contribution in [1.82, 2.24) is 5.32 Å². The van der Waals surface area contributed by atoms with Gasteiger partial charge in [0.15, 0.2) is 0 Å². The van der Waals surface area contributed by atoms with Crippen molar-refractivity contribution in [2.75, 3.05) is 11.5 Å². The van der Waals surface area contributed by atoms with Gasteiger partial charge in [-0.3, -0.25) is 10.1 Å². The second-order valence-corrected chi connectivity index (χ2v) is 6.70. The first-order chi connectivity index (χ1) is 6.64. The second kappa shape index (κ2) is 3.94. The zero-order valence-electron chi connectivity index (χ0n) is 8.16. The molecule has 3 unspecified atom stereocenters. The molecule has 0 radical (unpaired) electrons. The quantitative estimate of drug-likeness (QED) is 0.717. The SMILES string of the molecule is CC1SCCC12NC(C(=O)O)CCS2. The fraction of sp³-hybridized carbons (Fsp3) is 0.889. The third-order valence-corrected chi connectivity index (χ3v) is 6.10. The van der Waals surface area contributed by atoms with Gasteiger partial charge >= 0.3 is 5.97 Å². The Balaban J connectivity index is 2.09. The van der Waals surface area contributed by atoms with E-state index in [2.05, 4.69) is 12.2 Å². The summed E-state index contributed by atoms with van der Waals surface area (Å²) in [5.74, 6) is 1.41. The highest BCUT2D eigenvalue weighted by molar-refractivity contribution is 8.05. The van der Waals surface area contributed by atoms with Crippen molar-refractivity contribution < 1.29 is 9.90 Å². The van der Waals surface area contributed by atoms with Crippen molar-refractivity contribution in [3.63, 3.8) is 0 Å². The van der Waals surface area contributed by atoms with Crippen LogP contribution < -0.4 is 5.32 Å². The Morgan fingerprint density at radius 2 is 2.36 bits per heavy atom. The Hall–Kier alpha value is 0.130. The number of carbonyl (C=O) groups is 1. The fourth-order valence-electron chi connectivity index (χ4n) is 2.06. The van der Waals surface area contributed by atoms with Gasteiger partial charge in [0.25, 0.3) is 0 Å². The molecule has 2 rings (SSSR count). The largest absolute Gasteiger partial charge is 0.480 e. The van der Waals surface area contributed by atoms with Gasteiger partial charge in [0.1, 0.15) is 6.04 Å². The molecule has 14 heavy (non-hydrogen) atoms. The summed E-state index contributed by atoms with van der Waals surface area (Å²) in [7, 11) is 0. The van der Waals surface area contributed by atoms with Gasteiger partial charge in [-0.05, 0) is 24.3 Å². The maximum absolute atomic E-state index is 10.9. The third kappa shape index (κ3) is 1.77. The number of hydrogen-bond acceptors (Lipinski definition) is 4. The molecule has 2 aliphatic rings. The van der Waals surface area contributed by atoms with E-state index in [0.717, 1.165) is 24.3 Å². The summed E-state index contributed by atoms with van der Waals surface area (Å²) in [6.45, 7) is 2.20. The minimum Gasteiger partial charge on any atom is -0.480 e. The van der Waals surface area contributed by atoms with Crippen LogP contribution in [-0.4, -0.2) is 38.7 Å². The number of thioether (sulfide) groups is 2. The lowest BCUT2D eigenvalue weighted by Crippen LogP contribution is -2.57. The minimum atomic E-state index is -0.700. The predicted octanol–water partition coefficient (Wildman–Crippen LogP) is 1.39. The van der Waals surface area contributed by atoms with Crippen molar-refractivity contribution in [2.24, 2.45) is 0 Å². The van der Waals surface area contributed by atoms with Gasteiger partial charge in [-0.2, -0.15) is 11.8 Å². The normalized spacial score (nSPS) is 42.9. The number of hydrogen-bond donors (Lipinski definition) is 2. The van der Waals surface area contributed by atoms with Crippen LogP contribution in [0, 0.1) is 0 Å². The molecule has 0 saturated carbocycles. The smallest absolute Gasteiger partial charge is 0.320 e. The summed E-state index contributed by atoms with van der Waals surface area (Å²) in [6.07, 6.45) is 1.84. The Morgan fingerprint density at radius 1 is 1.57 bits per heavy atom. The highest BCUT2D eigenvalue weighted by Crippen LogP contribution is 2.46. The molecular formula is C9H15NO2S2. The van der Waals surface area contributed by atoms with Gasteiger partial charge in [0.05, 0.1) is 4.87 Å². The molecule has 0 bridgehead atoms. The monoisotopic (exact) mass is 233 g/mol. The lowest BCUT2D eigenvalue weighted by molar-refractivity contribution is -0.140. The highest BCUT2D eigenvalue weighted by Gasteiger charge is 2.46. The zero-order valence-corrected chi connectivity index (χ0v) is 9.79. The summed E-state index contributed by atoms with van der Waals surface area (Å²) in [6, 6.07) is -0.336.